The average Bonchev–Trinajstić information content (AvgIpc) is 2.94. The minimum atomic E-state index is -0.338. The Balaban J connectivity index is 1.87. The maximum Gasteiger partial charge on any atom is 0.106 e. The van der Waals surface area contributed by atoms with Crippen molar-refractivity contribution in [1.29, 1.82) is 5.26 Å². The van der Waals surface area contributed by atoms with E-state index in [2.05, 4.69) is 54.4 Å². The summed E-state index contributed by atoms with van der Waals surface area (Å²) in [6, 6.07) is 11.2. The third kappa shape index (κ3) is 3.77. The van der Waals surface area contributed by atoms with Gasteiger partial charge in [-0.1, -0.05) is 32.0 Å². The molecule has 0 bridgehead atoms. The lowest BCUT2D eigenvalue weighted by Crippen LogP contribution is -2.44. The summed E-state index contributed by atoms with van der Waals surface area (Å²) in [5.74, 6) is 0. The average molecular weight is 285 g/mol. The van der Waals surface area contributed by atoms with Crippen LogP contribution in [0.1, 0.15) is 45.1 Å². The van der Waals surface area contributed by atoms with Crippen LogP contribution in [0.5, 0.6) is 0 Å². The van der Waals surface area contributed by atoms with Crippen molar-refractivity contribution in [3.8, 4) is 6.07 Å². The Morgan fingerprint density at radius 2 is 2.14 bits per heavy atom. The summed E-state index contributed by atoms with van der Waals surface area (Å²) in [4.78, 5) is 2.47. The highest BCUT2D eigenvalue weighted by atomic mass is 15.1. The van der Waals surface area contributed by atoms with Crippen LogP contribution in [0, 0.1) is 11.3 Å². The third-order valence-corrected chi connectivity index (χ3v) is 4.55. The summed E-state index contributed by atoms with van der Waals surface area (Å²) in [7, 11) is 0. The molecule has 3 heteroatoms. The second-order valence-electron chi connectivity index (χ2n) is 5.94. The van der Waals surface area contributed by atoms with Crippen LogP contribution in [0.2, 0.25) is 0 Å². The summed E-state index contributed by atoms with van der Waals surface area (Å²) in [5, 5.41) is 13.0. The van der Waals surface area contributed by atoms with Crippen molar-refractivity contribution in [2.75, 3.05) is 24.5 Å². The number of hydrogen-bond acceptors (Lipinski definition) is 3. The number of benzene rings is 1. The normalized spacial score (nSPS) is 16.3. The second-order valence-corrected chi connectivity index (χ2v) is 5.94. The Morgan fingerprint density at radius 3 is 2.86 bits per heavy atom. The van der Waals surface area contributed by atoms with Gasteiger partial charge in [0.15, 0.2) is 0 Å². The molecule has 1 N–H and O–H groups in total. The van der Waals surface area contributed by atoms with Crippen LogP contribution in [-0.2, 0) is 6.42 Å². The van der Waals surface area contributed by atoms with Crippen molar-refractivity contribution < 1.29 is 0 Å². The Morgan fingerprint density at radius 1 is 1.33 bits per heavy atom. The van der Waals surface area contributed by atoms with E-state index in [1.807, 2.05) is 0 Å². The SMILES string of the molecule is CCCNC(C#N)(CC)CCCN1CCc2ccccc21. The molecule has 0 saturated carbocycles. The van der Waals surface area contributed by atoms with Gasteiger partial charge in [0.25, 0.3) is 0 Å². The molecule has 1 aliphatic heterocycles. The summed E-state index contributed by atoms with van der Waals surface area (Å²) in [6.07, 6.45) is 5.09. The Labute approximate surface area is 129 Å². The van der Waals surface area contributed by atoms with Crippen molar-refractivity contribution in [3.05, 3.63) is 29.8 Å². The number of nitrogens with one attached hydrogen (secondary N) is 1. The maximum atomic E-state index is 9.53. The Kier molecular flexibility index (Phi) is 5.64. The quantitative estimate of drug-likeness (QED) is 0.794. The Bertz CT molecular complexity index is 491. The van der Waals surface area contributed by atoms with Gasteiger partial charge in [-0.05, 0) is 50.3 Å². The lowest BCUT2D eigenvalue weighted by Gasteiger charge is -2.28. The smallest absolute Gasteiger partial charge is 0.106 e. The number of rotatable bonds is 8. The summed E-state index contributed by atoms with van der Waals surface area (Å²) in [6.45, 7) is 7.35. The molecule has 1 aliphatic rings. The van der Waals surface area contributed by atoms with E-state index < -0.39 is 0 Å². The van der Waals surface area contributed by atoms with Gasteiger partial charge >= 0.3 is 0 Å². The van der Waals surface area contributed by atoms with Gasteiger partial charge < -0.3 is 4.90 Å². The van der Waals surface area contributed by atoms with E-state index in [0.29, 0.717) is 0 Å². The van der Waals surface area contributed by atoms with E-state index in [4.69, 9.17) is 0 Å². The van der Waals surface area contributed by atoms with Crippen molar-refractivity contribution in [1.82, 2.24) is 5.32 Å². The molecule has 21 heavy (non-hydrogen) atoms. The van der Waals surface area contributed by atoms with Crippen LogP contribution in [-0.4, -0.2) is 25.2 Å². The lowest BCUT2D eigenvalue weighted by molar-refractivity contribution is 0.365. The summed E-state index contributed by atoms with van der Waals surface area (Å²) in [5.41, 5.74) is 2.51. The second kappa shape index (κ2) is 7.47. The van der Waals surface area contributed by atoms with E-state index in [1.54, 1.807) is 0 Å². The number of para-hydroxylation sites is 1. The van der Waals surface area contributed by atoms with Gasteiger partial charge in [-0.15, -0.1) is 0 Å². The standard InChI is InChI=1S/C18H27N3/c1-3-12-20-18(4-2,15-19)11-7-13-21-14-10-16-8-5-6-9-17(16)21/h5-6,8-9,20H,3-4,7,10-14H2,1-2H3. The molecule has 1 aromatic rings. The van der Waals surface area contributed by atoms with Gasteiger partial charge in [0.2, 0.25) is 0 Å². The van der Waals surface area contributed by atoms with Crippen LogP contribution in [0.25, 0.3) is 0 Å². The first-order chi connectivity index (χ1) is 10.2. The van der Waals surface area contributed by atoms with Gasteiger partial charge in [-0.2, -0.15) is 5.26 Å². The fourth-order valence-electron chi connectivity index (χ4n) is 3.14. The van der Waals surface area contributed by atoms with E-state index in [0.717, 1.165) is 51.7 Å². The van der Waals surface area contributed by atoms with Crippen LogP contribution in [0.4, 0.5) is 5.69 Å². The van der Waals surface area contributed by atoms with Crippen molar-refractivity contribution in [2.45, 2.75) is 51.5 Å². The van der Waals surface area contributed by atoms with Gasteiger partial charge in [-0.25, -0.2) is 0 Å². The molecule has 0 saturated heterocycles. The highest BCUT2D eigenvalue weighted by Gasteiger charge is 2.27. The van der Waals surface area contributed by atoms with Gasteiger partial charge in [-0.3, -0.25) is 5.32 Å². The molecule has 0 radical (unpaired) electrons. The molecule has 1 heterocycles. The largest absolute Gasteiger partial charge is 0.371 e. The summed E-state index contributed by atoms with van der Waals surface area (Å²) < 4.78 is 0. The monoisotopic (exact) mass is 285 g/mol. The molecule has 0 amide bonds. The highest BCUT2D eigenvalue weighted by Crippen LogP contribution is 2.28. The number of fused-ring (bicyclic) bond motifs is 1. The zero-order valence-electron chi connectivity index (χ0n) is 13.4. The molecule has 2 rings (SSSR count). The Hall–Kier alpha value is -1.53. The summed E-state index contributed by atoms with van der Waals surface area (Å²) >= 11 is 0. The molecule has 0 aromatic heterocycles. The number of nitriles is 1. The highest BCUT2D eigenvalue weighted by molar-refractivity contribution is 5.57. The fraction of sp³-hybridized carbons (Fsp3) is 0.611. The van der Waals surface area contributed by atoms with Gasteiger partial charge in [0, 0.05) is 18.8 Å². The number of nitrogens with zero attached hydrogens (tertiary/aromatic N) is 2. The molecule has 1 unspecified atom stereocenters. The molecular formula is C18H27N3. The zero-order chi connectivity index (χ0) is 15.1. The topological polar surface area (TPSA) is 39.1 Å². The first-order valence-corrected chi connectivity index (χ1v) is 8.24. The van der Waals surface area contributed by atoms with Crippen LogP contribution in [0.3, 0.4) is 0 Å². The first-order valence-electron chi connectivity index (χ1n) is 8.24. The molecule has 1 atom stereocenters. The van der Waals surface area contributed by atoms with Gasteiger partial charge in [0.1, 0.15) is 5.54 Å². The number of anilines is 1. The molecule has 3 nitrogen and oxygen atoms in total. The minimum absolute atomic E-state index is 0.338. The van der Waals surface area contributed by atoms with Crippen molar-refractivity contribution in [3.63, 3.8) is 0 Å². The van der Waals surface area contributed by atoms with E-state index >= 15 is 0 Å². The zero-order valence-corrected chi connectivity index (χ0v) is 13.4. The van der Waals surface area contributed by atoms with E-state index in [-0.39, 0.29) is 5.54 Å². The van der Waals surface area contributed by atoms with Crippen molar-refractivity contribution >= 4 is 5.69 Å². The molecule has 0 spiro atoms. The van der Waals surface area contributed by atoms with Crippen LogP contribution < -0.4 is 10.2 Å². The molecular weight excluding hydrogens is 258 g/mol. The van der Waals surface area contributed by atoms with Crippen molar-refractivity contribution in [2.24, 2.45) is 0 Å². The molecule has 114 valence electrons. The predicted octanol–water partition coefficient (Wildman–Crippen LogP) is 3.50. The van der Waals surface area contributed by atoms with Crippen LogP contribution in [0.15, 0.2) is 24.3 Å². The molecule has 0 aliphatic carbocycles. The molecule has 0 fully saturated rings. The van der Waals surface area contributed by atoms with E-state index in [1.165, 1.54) is 11.3 Å². The molecule has 1 aromatic carbocycles. The lowest BCUT2D eigenvalue weighted by atomic mass is 9.91. The van der Waals surface area contributed by atoms with Crippen LogP contribution >= 0.6 is 0 Å². The maximum absolute atomic E-state index is 9.53. The fourth-order valence-corrected chi connectivity index (χ4v) is 3.14. The predicted molar refractivity (Wildman–Crippen MR) is 88.5 cm³/mol. The minimum Gasteiger partial charge on any atom is -0.371 e. The first kappa shape index (κ1) is 15.9. The van der Waals surface area contributed by atoms with Gasteiger partial charge in [0.05, 0.1) is 6.07 Å². The van der Waals surface area contributed by atoms with E-state index in [9.17, 15) is 5.26 Å². The third-order valence-electron chi connectivity index (χ3n) is 4.55. The number of hydrogen-bond donors (Lipinski definition) is 1.